The summed E-state index contributed by atoms with van der Waals surface area (Å²) in [6.07, 6.45) is 2.09. The molecule has 31 heavy (non-hydrogen) atoms. The predicted molar refractivity (Wildman–Crippen MR) is 127 cm³/mol. The normalized spacial score (nSPS) is 15.2. The summed E-state index contributed by atoms with van der Waals surface area (Å²) in [6.45, 7) is 1.59. The van der Waals surface area contributed by atoms with Gasteiger partial charge in [-0.3, -0.25) is 0 Å². The fourth-order valence-corrected chi connectivity index (χ4v) is 4.38. The molecular formula is C23H24ClN3O3S. The standard InChI is InChI=1S/C23H24ClN3O3S/c1-28-19-13-15(14-20(29-2)22(19)30-3)21-18-5-4-10-26(18)11-12-27(21)23(31)25-17-8-6-16(24)7-9-17/h4-10,13-14,21H,11-12H2,1-3H3,(H,25,31). The molecule has 0 radical (unpaired) electrons. The van der Waals surface area contributed by atoms with Crippen LogP contribution in [0.3, 0.4) is 0 Å². The second-order valence-corrected chi connectivity index (χ2v) is 7.94. The topological polar surface area (TPSA) is 47.9 Å². The predicted octanol–water partition coefficient (Wildman–Crippen LogP) is 4.97. The molecule has 1 unspecified atom stereocenters. The molecule has 162 valence electrons. The number of nitrogens with one attached hydrogen (secondary N) is 1. The Labute approximate surface area is 192 Å². The summed E-state index contributed by atoms with van der Waals surface area (Å²) >= 11 is 11.8. The van der Waals surface area contributed by atoms with E-state index < -0.39 is 0 Å². The monoisotopic (exact) mass is 457 g/mol. The summed E-state index contributed by atoms with van der Waals surface area (Å²) in [7, 11) is 4.84. The number of benzene rings is 2. The van der Waals surface area contributed by atoms with Gasteiger partial charge in [-0.2, -0.15) is 0 Å². The van der Waals surface area contributed by atoms with Crippen molar-refractivity contribution in [1.29, 1.82) is 0 Å². The van der Waals surface area contributed by atoms with Crippen LogP contribution in [0.2, 0.25) is 5.02 Å². The molecule has 0 bridgehead atoms. The second-order valence-electron chi connectivity index (χ2n) is 7.12. The minimum atomic E-state index is -0.121. The first-order valence-corrected chi connectivity index (χ1v) is 10.6. The van der Waals surface area contributed by atoms with Crippen molar-refractivity contribution in [2.45, 2.75) is 12.6 Å². The molecule has 0 fully saturated rings. The Morgan fingerprint density at radius 1 is 1.00 bits per heavy atom. The van der Waals surface area contributed by atoms with Gasteiger partial charge in [-0.25, -0.2) is 0 Å². The molecular weight excluding hydrogens is 434 g/mol. The molecule has 1 aliphatic rings. The van der Waals surface area contributed by atoms with Crippen molar-refractivity contribution in [3.8, 4) is 17.2 Å². The van der Waals surface area contributed by atoms with Gasteiger partial charge in [0.1, 0.15) is 0 Å². The average molecular weight is 458 g/mol. The van der Waals surface area contributed by atoms with E-state index in [2.05, 4.69) is 33.1 Å². The van der Waals surface area contributed by atoms with Crippen LogP contribution in [0.1, 0.15) is 17.3 Å². The number of hydrogen-bond acceptors (Lipinski definition) is 4. The van der Waals surface area contributed by atoms with E-state index in [-0.39, 0.29) is 6.04 Å². The average Bonchev–Trinajstić information content (AvgIpc) is 3.27. The number of halogens is 1. The maximum absolute atomic E-state index is 6.02. The lowest BCUT2D eigenvalue weighted by Crippen LogP contribution is -2.44. The zero-order chi connectivity index (χ0) is 22.0. The van der Waals surface area contributed by atoms with E-state index in [0.717, 1.165) is 30.0 Å². The highest BCUT2D eigenvalue weighted by molar-refractivity contribution is 7.80. The Hall–Kier alpha value is -2.90. The molecule has 0 saturated carbocycles. The van der Waals surface area contributed by atoms with Crippen LogP contribution in [0.4, 0.5) is 5.69 Å². The van der Waals surface area contributed by atoms with Crippen molar-refractivity contribution in [2.75, 3.05) is 33.2 Å². The van der Waals surface area contributed by atoms with Crippen LogP contribution < -0.4 is 19.5 Å². The molecule has 4 rings (SSSR count). The Bertz CT molecular complexity index is 1060. The van der Waals surface area contributed by atoms with E-state index in [1.165, 1.54) is 0 Å². The summed E-state index contributed by atoms with van der Waals surface area (Å²) in [5.41, 5.74) is 3.02. The van der Waals surface area contributed by atoms with E-state index in [9.17, 15) is 0 Å². The highest BCUT2D eigenvalue weighted by Gasteiger charge is 2.32. The maximum atomic E-state index is 6.02. The molecule has 0 amide bonds. The molecule has 1 N–H and O–H groups in total. The van der Waals surface area contributed by atoms with Crippen LogP contribution in [-0.2, 0) is 6.54 Å². The zero-order valence-electron chi connectivity index (χ0n) is 17.6. The summed E-state index contributed by atoms with van der Waals surface area (Å²) < 4.78 is 18.9. The molecule has 2 heterocycles. The van der Waals surface area contributed by atoms with E-state index in [1.54, 1.807) is 21.3 Å². The van der Waals surface area contributed by atoms with Crippen molar-refractivity contribution in [1.82, 2.24) is 9.47 Å². The van der Waals surface area contributed by atoms with E-state index in [4.69, 9.17) is 38.0 Å². The van der Waals surface area contributed by atoms with Crippen molar-refractivity contribution < 1.29 is 14.2 Å². The summed E-state index contributed by atoms with van der Waals surface area (Å²) in [5, 5.41) is 4.66. The van der Waals surface area contributed by atoms with Crippen LogP contribution in [-0.4, -0.2) is 42.5 Å². The van der Waals surface area contributed by atoms with Crippen LogP contribution in [0.15, 0.2) is 54.7 Å². The SMILES string of the molecule is COc1cc(C2c3cccn3CCN2C(=S)Nc2ccc(Cl)cc2)cc(OC)c1OC. The Kier molecular flexibility index (Phi) is 6.25. The molecule has 2 aromatic carbocycles. The summed E-state index contributed by atoms with van der Waals surface area (Å²) in [5.74, 6) is 1.78. The van der Waals surface area contributed by atoms with Crippen LogP contribution in [0, 0.1) is 0 Å². The van der Waals surface area contributed by atoms with E-state index in [0.29, 0.717) is 27.4 Å². The number of nitrogens with zero attached hydrogens (tertiary/aromatic N) is 2. The Morgan fingerprint density at radius 3 is 2.29 bits per heavy atom. The van der Waals surface area contributed by atoms with Gasteiger partial charge >= 0.3 is 0 Å². The van der Waals surface area contributed by atoms with Gasteiger partial charge in [0.25, 0.3) is 0 Å². The third-order valence-corrected chi connectivity index (χ3v) is 5.99. The number of fused-ring (bicyclic) bond motifs is 1. The lowest BCUT2D eigenvalue weighted by molar-refractivity contribution is 0.288. The molecule has 6 nitrogen and oxygen atoms in total. The quantitative estimate of drug-likeness (QED) is 0.546. The number of methoxy groups -OCH3 is 3. The van der Waals surface area contributed by atoms with Crippen LogP contribution in [0.25, 0.3) is 0 Å². The van der Waals surface area contributed by atoms with E-state index in [1.807, 2.05) is 36.4 Å². The maximum Gasteiger partial charge on any atom is 0.203 e. The number of hydrogen-bond donors (Lipinski definition) is 1. The molecule has 8 heteroatoms. The van der Waals surface area contributed by atoms with Gasteiger partial charge in [0.05, 0.1) is 27.4 Å². The largest absolute Gasteiger partial charge is 0.493 e. The van der Waals surface area contributed by atoms with Gasteiger partial charge in [0, 0.05) is 35.7 Å². The lowest BCUT2D eigenvalue weighted by atomic mass is 9.99. The summed E-state index contributed by atoms with van der Waals surface area (Å²) in [4.78, 5) is 2.18. The number of aromatic nitrogens is 1. The molecule has 1 atom stereocenters. The number of ether oxygens (including phenoxy) is 3. The molecule has 1 aromatic heterocycles. The van der Waals surface area contributed by atoms with Crippen molar-refractivity contribution in [3.63, 3.8) is 0 Å². The highest BCUT2D eigenvalue weighted by Crippen LogP contribution is 2.43. The lowest BCUT2D eigenvalue weighted by Gasteiger charge is -2.39. The van der Waals surface area contributed by atoms with Gasteiger partial charge in [-0.05, 0) is 66.3 Å². The number of thiocarbonyl (C=S) groups is 1. The fourth-order valence-electron chi connectivity index (χ4n) is 3.94. The first-order valence-electron chi connectivity index (χ1n) is 9.84. The smallest absolute Gasteiger partial charge is 0.203 e. The molecule has 1 aliphatic heterocycles. The van der Waals surface area contributed by atoms with Gasteiger partial charge in [0.2, 0.25) is 5.75 Å². The van der Waals surface area contributed by atoms with Crippen molar-refractivity contribution >= 4 is 34.6 Å². The van der Waals surface area contributed by atoms with Crippen LogP contribution in [0.5, 0.6) is 17.2 Å². The van der Waals surface area contributed by atoms with E-state index >= 15 is 0 Å². The van der Waals surface area contributed by atoms with Crippen molar-refractivity contribution in [2.24, 2.45) is 0 Å². The van der Waals surface area contributed by atoms with Gasteiger partial charge in [0.15, 0.2) is 16.6 Å². The Balaban J connectivity index is 1.75. The van der Waals surface area contributed by atoms with Gasteiger partial charge in [-0.15, -0.1) is 0 Å². The Morgan fingerprint density at radius 2 is 1.68 bits per heavy atom. The molecule has 0 aliphatic carbocycles. The number of anilines is 1. The first-order chi connectivity index (χ1) is 15.0. The highest BCUT2D eigenvalue weighted by atomic mass is 35.5. The molecule has 3 aromatic rings. The molecule has 0 saturated heterocycles. The third-order valence-electron chi connectivity index (χ3n) is 5.40. The van der Waals surface area contributed by atoms with Gasteiger partial charge < -0.3 is 29.0 Å². The number of rotatable bonds is 5. The molecule has 0 spiro atoms. The summed E-state index contributed by atoms with van der Waals surface area (Å²) in [6, 6.07) is 15.5. The van der Waals surface area contributed by atoms with Gasteiger partial charge in [-0.1, -0.05) is 11.6 Å². The second kappa shape index (κ2) is 9.08. The zero-order valence-corrected chi connectivity index (χ0v) is 19.2. The fraction of sp³-hybridized carbons (Fsp3) is 0.261. The first kappa shape index (κ1) is 21.3. The van der Waals surface area contributed by atoms with Crippen LogP contribution >= 0.6 is 23.8 Å². The van der Waals surface area contributed by atoms with Crippen molar-refractivity contribution in [3.05, 3.63) is 71.0 Å². The minimum absolute atomic E-state index is 0.121. The minimum Gasteiger partial charge on any atom is -0.493 e. The third kappa shape index (κ3) is 4.16.